The summed E-state index contributed by atoms with van der Waals surface area (Å²) >= 11 is 0. The molecule has 0 amide bonds. The van der Waals surface area contributed by atoms with E-state index >= 15 is 0 Å². The number of esters is 1. The van der Waals surface area contributed by atoms with Crippen molar-refractivity contribution in [2.45, 2.75) is 53.6 Å². The van der Waals surface area contributed by atoms with Crippen molar-refractivity contribution in [1.29, 1.82) is 0 Å². The molecule has 0 aliphatic heterocycles. The van der Waals surface area contributed by atoms with Gasteiger partial charge in [0.2, 0.25) is 0 Å². The van der Waals surface area contributed by atoms with Crippen molar-refractivity contribution in [1.82, 2.24) is 14.6 Å². The van der Waals surface area contributed by atoms with Crippen molar-refractivity contribution in [3.63, 3.8) is 0 Å². The summed E-state index contributed by atoms with van der Waals surface area (Å²) in [4.78, 5) is 10.1. The maximum absolute atomic E-state index is 13.6. The summed E-state index contributed by atoms with van der Waals surface area (Å²) < 4.78 is 32.3. The van der Waals surface area contributed by atoms with Crippen molar-refractivity contribution in [3.05, 3.63) is 89.9 Å². The van der Waals surface area contributed by atoms with Crippen LogP contribution in [0.15, 0.2) is 67.2 Å². The lowest BCUT2D eigenvalue weighted by atomic mass is 10.0. The second kappa shape index (κ2) is 17.1. The van der Waals surface area contributed by atoms with E-state index in [2.05, 4.69) is 35.4 Å². The number of aliphatic hydroxyl groups is 1. The second-order valence-corrected chi connectivity index (χ2v) is 6.86. The third-order valence-corrected chi connectivity index (χ3v) is 4.07. The quantitative estimate of drug-likeness (QED) is 0.270. The fourth-order valence-electron chi connectivity index (χ4n) is 2.54. The highest BCUT2D eigenvalue weighted by atomic mass is 19.1. The summed E-state index contributed by atoms with van der Waals surface area (Å²) in [5.41, 5.74) is 2.40. The van der Waals surface area contributed by atoms with Crippen LogP contribution in [0.25, 0.3) is 5.65 Å². The average molecular weight is 476 g/mol. The maximum Gasteiger partial charge on any atom is 0.330 e. The largest absolute Gasteiger partial charge is 0.466 e. The van der Waals surface area contributed by atoms with Crippen LogP contribution in [0.3, 0.4) is 0 Å². The van der Waals surface area contributed by atoms with E-state index in [1.54, 1.807) is 35.7 Å². The van der Waals surface area contributed by atoms with Crippen molar-refractivity contribution < 1.29 is 23.4 Å². The lowest BCUT2D eigenvalue weighted by molar-refractivity contribution is -0.134. The third-order valence-electron chi connectivity index (χ3n) is 4.07. The third kappa shape index (κ3) is 11.0. The van der Waals surface area contributed by atoms with Gasteiger partial charge in [0.15, 0.2) is 5.65 Å². The molecule has 1 aromatic carbocycles. The van der Waals surface area contributed by atoms with Gasteiger partial charge in [0.25, 0.3) is 0 Å². The van der Waals surface area contributed by atoms with E-state index in [4.69, 9.17) is 0 Å². The normalized spacial score (nSPS) is 10.7. The van der Waals surface area contributed by atoms with Gasteiger partial charge in [-0.1, -0.05) is 51.0 Å². The zero-order valence-electron chi connectivity index (χ0n) is 20.8. The zero-order chi connectivity index (χ0) is 26.1. The van der Waals surface area contributed by atoms with E-state index in [0.717, 1.165) is 12.1 Å². The lowest BCUT2D eigenvalue weighted by Crippen LogP contribution is -2.04. The Hall–Kier alpha value is -3.39. The van der Waals surface area contributed by atoms with Gasteiger partial charge in [-0.25, -0.2) is 13.6 Å². The lowest BCUT2D eigenvalue weighted by Gasteiger charge is -2.12. The number of methoxy groups -OCH3 is 1. The Balaban J connectivity index is 0.000000605. The number of hydrogen-bond acceptors (Lipinski definition) is 5. The van der Waals surface area contributed by atoms with Crippen molar-refractivity contribution >= 4 is 11.6 Å². The number of pyridine rings is 1. The average Bonchev–Trinajstić information content (AvgIpc) is 3.29. The minimum atomic E-state index is -1.17. The Morgan fingerprint density at radius 3 is 2.41 bits per heavy atom. The van der Waals surface area contributed by atoms with Gasteiger partial charge in [-0.05, 0) is 32.4 Å². The van der Waals surface area contributed by atoms with E-state index in [0.29, 0.717) is 11.2 Å². The molecule has 0 saturated carbocycles. The van der Waals surface area contributed by atoms with Gasteiger partial charge in [-0.2, -0.15) is 0 Å². The molecule has 8 heteroatoms. The van der Waals surface area contributed by atoms with Crippen molar-refractivity contribution in [2.24, 2.45) is 0 Å². The Morgan fingerprint density at radius 2 is 1.94 bits per heavy atom. The number of ether oxygens (including phenoxy) is 1. The Kier molecular flexibility index (Phi) is 15.4. The van der Waals surface area contributed by atoms with Crippen LogP contribution in [-0.4, -0.2) is 32.8 Å². The van der Waals surface area contributed by atoms with Crippen molar-refractivity contribution in [2.75, 3.05) is 7.11 Å². The minimum absolute atomic E-state index is 0.0221. The predicted molar refractivity (Wildman–Crippen MR) is 131 cm³/mol. The number of aliphatic hydroxyl groups excluding tert-OH is 1. The highest BCUT2D eigenvalue weighted by molar-refractivity contribution is 5.81. The van der Waals surface area contributed by atoms with Crippen LogP contribution in [0.1, 0.15) is 64.7 Å². The van der Waals surface area contributed by atoms with Gasteiger partial charge in [0.05, 0.1) is 7.11 Å². The van der Waals surface area contributed by atoms with E-state index in [-0.39, 0.29) is 11.5 Å². The van der Waals surface area contributed by atoms with Crippen LogP contribution in [0, 0.1) is 11.6 Å². The summed E-state index contributed by atoms with van der Waals surface area (Å²) in [5, 5.41) is 17.7. The molecular weight excluding hydrogens is 440 g/mol. The van der Waals surface area contributed by atoms with E-state index in [1.165, 1.54) is 44.0 Å². The first-order valence-corrected chi connectivity index (χ1v) is 11.0. The Bertz CT molecular complexity index is 1050. The number of halogens is 2. The molecule has 3 aromatic rings. The maximum atomic E-state index is 13.6. The molecule has 0 bridgehead atoms. The monoisotopic (exact) mass is 475 g/mol. The molecule has 0 aliphatic carbocycles. The van der Waals surface area contributed by atoms with Crippen LogP contribution in [-0.2, 0) is 9.53 Å². The standard InChI is InChI=1S/C13H9F2N3O.C6H12.C5H8O2.C2H6/c14-9-2-3-10(11(15)5-9)13(19)8-1-4-12-17-16-7-18(12)6-8;1-4-5-6(2)3;1-3-4-5(6)7-2;1-2/h1-7,13,19H;2,4-5H2,1,3H3;3-4H,1-2H3;1-2H3/b;;4-3+;. The molecule has 0 fully saturated rings. The molecule has 0 radical (unpaired) electrons. The first-order chi connectivity index (χ1) is 16.2. The number of carbonyl (C=O) groups is 1. The number of allylic oxidation sites excluding steroid dienone is 2. The SMILES string of the molecule is C/C=C/C(=O)OC.C=C(C)CCC.CC.OC(c1ccc2nncn2c1)c1ccc(F)cc1F. The van der Waals surface area contributed by atoms with Crippen LogP contribution in [0.2, 0.25) is 0 Å². The topological polar surface area (TPSA) is 76.7 Å². The van der Waals surface area contributed by atoms with Crippen LogP contribution < -0.4 is 0 Å². The number of aromatic nitrogens is 3. The first kappa shape index (κ1) is 30.6. The van der Waals surface area contributed by atoms with Crippen LogP contribution in [0.4, 0.5) is 8.78 Å². The zero-order valence-corrected chi connectivity index (χ0v) is 20.8. The van der Waals surface area contributed by atoms with Gasteiger partial charge in [0.1, 0.15) is 24.1 Å². The van der Waals surface area contributed by atoms with Gasteiger partial charge in [0, 0.05) is 29.5 Å². The number of benzene rings is 1. The second-order valence-electron chi connectivity index (χ2n) is 6.86. The summed E-state index contributed by atoms with van der Waals surface area (Å²) in [5.74, 6) is -1.76. The number of nitrogens with zero attached hydrogens (tertiary/aromatic N) is 3. The Labute approximate surface area is 200 Å². The van der Waals surface area contributed by atoms with E-state index in [1.807, 2.05) is 13.8 Å². The molecule has 186 valence electrons. The summed E-state index contributed by atoms with van der Waals surface area (Å²) in [7, 11) is 1.35. The molecule has 1 atom stereocenters. The number of hydrogen-bond donors (Lipinski definition) is 1. The highest BCUT2D eigenvalue weighted by Gasteiger charge is 2.16. The highest BCUT2D eigenvalue weighted by Crippen LogP contribution is 2.24. The number of rotatable bonds is 5. The molecule has 34 heavy (non-hydrogen) atoms. The molecular formula is C26H35F2N3O3. The number of carbonyl (C=O) groups excluding carboxylic acids is 1. The van der Waals surface area contributed by atoms with Gasteiger partial charge < -0.3 is 9.84 Å². The van der Waals surface area contributed by atoms with Gasteiger partial charge in [-0.3, -0.25) is 4.40 Å². The molecule has 3 rings (SSSR count). The molecule has 2 aromatic heterocycles. The van der Waals surface area contributed by atoms with E-state index < -0.39 is 17.7 Å². The summed E-state index contributed by atoms with van der Waals surface area (Å²) in [6.07, 6.45) is 7.31. The first-order valence-electron chi connectivity index (χ1n) is 11.0. The fraction of sp³-hybridized carbons (Fsp3) is 0.346. The molecule has 1 N–H and O–H groups in total. The summed E-state index contributed by atoms with van der Waals surface area (Å²) in [6, 6.07) is 6.37. The molecule has 2 heterocycles. The summed E-state index contributed by atoms with van der Waals surface area (Å²) in [6.45, 7) is 13.7. The molecule has 0 spiro atoms. The molecule has 6 nitrogen and oxygen atoms in total. The van der Waals surface area contributed by atoms with Crippen molar-refractivity contribution in [3.8, 4) is 0 Å². The predicted octanol–water partition coefficient (Wildman–Crippen LogP) is 6.21. The fourth-order valence-corrected chi connectivity index (χ4v) is 2.54. The smallest absolute Gasteiger partial charge is 0.330 e. The van der Waals surface area contributed by atoms with E-state index in [9.17, 15) is 18.7 Å². The minimum Gasteiger partial charge on any atom is -0.466 e. The van der Waals surface area contributed by atoms with Crippen LogP contribution in [0.5, 0.6) is 0 Å². The van der Waals surface area contributed by atoms with Gasteiger partial charge >= 0.3 is 5.97 Å². The van der Waals surface area contributed by atoms with Crippen LogP contribution >= 0.6 is 0 Å². The molecule has 1 unspecified atom stereocenters. The molecule has 0 aliphatic rings. The van der Waals surface area contributed by atoms with Gasteiger partial charge in [-0.15, -0.1) is 16.8 Å². The number of fused-ring (bicyclic) bond motifs is 1. The Morgan fingerprint density at radius 1 is 1.26 bits per heavy atom. The molecule has 0 saturated heterocycles.